The van der Waals surface area contributed by atoms with Crippen LogP contribution in [0.3, 0.4) is 0 Å². The van der Waals surface area contributed by atoms with Gasteiger partial charge in [-0.1, -0.05) is 18.2 Å². The van der Waals surface area contributed by atoms with Gasteiger partial charge in [0, 0.05) is 56.8 Å². The van der Waals surface area contributed by atoms with Crippen LogP contribution in [0, 0.1) is 11.3 Å². The third-order valence-corrected chi connectivity index (χ3v) is 4.21. The molecule has 0 unspecified atom stereocenters. The molecule has 1 aliphatic rings. The normalized spacial score (nSPS) is 16.4. The fourth-order valence-electron chi connectivity index (χ4n) is 3.02. The topological polar surface area (TPSA) is 68.1 Å². The Balaban J connectivity index is 1.50. The third kappa shape index (κ3) is 4.00. The molecular weight excluding hydrogens is 300 g/mol. The van der Waals surface area contributed by atoms with Crippen molar-refractivity contribution in [2.24, 2.45) is 0 Å². The van der Waals surface area contributed by atoms with Gasteiger partial charge in [-0.25, -0.2) is 9.97 Å². The number of benzene rings is 1. The van der Waals surface area contributed by atoms with Gasteiger partial charge in [-0.05, 0) is 19.1 Å². The van der Waals surface area contributed by atoms with Crippen LogP contribution in [0.1, 0.15) is 12.6 Å². The van der Waals surface area contributed by atoms with Crippen LogP contribution in [0.25, 0.3) is 0 Å². The molecule has 6 heteroatoms. The van der Waals surface area contributed by atoms with Crippen molar-refractivity contribution in [3.05, 3.63) is 48.4 Å². The van der Waals surface area contributed by atoms with E-state index in [1.54, 1.807) is 6.20 Å². The highest BCUT2D eigenvalue weighted by Crippen LogP contribution is 2.16. The molecule has 1 aromatic heterocycles. The maximum absolute atomic E-state index is 9.08. The van der Waals surface area contributed by atoms with Gasteiger partial charge < -0.3 is 10.2 Å². The van der Waals surface area contributed by atoms with E-state index in [2.05, 4.69) is 68.4 Å². The van der Waals surface area contributed by atoms with Gasteiger partial charge in [0.05, 0.1) is 0 Å². The Morgan fingerprint density at radius 2 is 1.83 bits per heavy atom. The quantitative estimate of drug-likeness (QED) is 0.908. The van der Waals surface area contributed by atoms with E-state index >= 15 is 0 Å². The number of hydrogen-bond acceptors (Lipinski definition) is 6. The fourth-order valence-corrected chi connectivity index (χ4v) is 3.02. The molecule has 2 aromatic rings. The summed E-state index contributed by atoms with van der Waals surface area (Å²) in [7, 11) is 0. The van der Waals surface area contributed by atoms with Gasteiger partial charge in [0.25, 0.3) is 0 Å². The Morgan fingerprint density at radius 1 is 1.12 bits per heavy atom. The van der Waals surface area contributed by atoms with Gasteiger partial charge in [-0.3, -0.25) is 4.90 Å². The average molecular weight is 322 g/mol. The molecule has 0 saturated carbocycles. The molecular formula is C18H22N6. The van der Waals surface area contributed by atoms with Crippen molar-refractivity contribution >= 4 is 11.5 Å². The Morgan fingerprint density at radius 3 is 2.54 bits per heavy atom. The minimum atomic E-state index is 0.206. The van der Waals surface area contributed by atoms with Crippen molar-refractivity contribution in [1.29, 1.82) is 5.26 Å². The van der Waals surface area contributed by atoms with Crippen molar-refractivity contribution < 1.29 is 0 Å². The fraction of sp³-hybridized carbons (Fsp3) is 0.389. The Bertz CT molecular complexity index is 688. The molecule has 0 radical (unpaired) electrons. The SMILES string of the molecule is C[C@H](CN1CCN(c2ccccc2)CC1)Nc1nccnc1C#N. The molecule has 124 valence electrons. The molecule has 1 aromatic carbocycles. The van der Waals surface area contributed by atoms with Gasteiger partial charge in [0.15, 0.2) is 11.5 Å². The number of nitriles is 1. The van der Waals surface area contributed by atoms with Crippen molar-refractivity contribution in [2.45, 2.75) is 13.0 Å². The van der Waals surface area contributed by atoms with Gasteiger partial charge in [-0.15, -0.1) is 0 Å². The number of aromatic nitrogens is 2. The van der Waals surface area contributed by atoms with Crippen LogP contribution in [-0.2, 0) is 0 Å². The first kappa shape index (κ1) is 16.2. The van der Waals surface area contributed by atoms with Crippen LogP contribution >= 0.6 is 0 Å². The number of nitrogens with zero attached hydrogens (tertiary/aromatic N) is 5. The summed E-state index contributed by atoms with van der Waals surface area (Å²) < 4.78 is 0. The highest BCUT2D eigenvalue weighted by molar-refractivity contribution is 5.47. The van der Waals surface area contributed by atoms with Crippen molar-refractivity contribution in [2.75, 3.05) is 42.9 Å². The lowest BCUT2D eigenvalue weighted by Crippen LogP contribution is -2.49. The predicted molar refractivity (Wildman–Crippen MR) is 94.9 cm³/mol. The maximum Gasteiger partial charge on any atom is 0.182 e. The third-order valence-electron chi connectivity index (χ3n) is 4.21. The maximum atomic E-state index is 9.08. The molecule has 24 heavy (non-hydrogen) atoms. The predicted octanol–water partition coefficient (Wildman–Crippen LogP) is 1.97. The number of anilines is 2. The van der Waals surface area contributed by atoms with E-state index in [-0.39, 0.29) is 6.04 Å². The highest BCUT2D eigenvalue weighted by atomic mass is 15.3. The number of rotatable bonds is 5. The summed E-state index contributed by atoms with van der Waals surface area (Å²) in [5.74, 6) is 0.565. The van der Waals surface area contributed by atoms with Crippen LogP contribution in [0.15, 0.2) is 42.7 Å². The van der Waals surface area contributed by atoms with Gasteiger partial charge in [-0.2, -0.15) is 5.26 Å². The molecule has 0 bridgehead atoms. The zero-order chi connectivity index (χ0) is 16.8. The standard InChI is InChI=1S/C18H22N6/c1-15(22-18-17(13-19)20-7-8-21-18)14-23-9-11-24(12-10-23)16-5-3-2-4-6-16/h2-8,15H,9-12,14H2,1H3,(H,21,22)/t15-/m1/s1. The van der Waals surface area contributed by atoms with E-state index < -0.39 is 0 Å². The summed E-state index contributed by atoms with van der Waals surface area (Å²) in [4.78, 5) is 13.1. The zero-order valence-electron chi connectivity index (χ0n) is 13.9. The van der Waals surface area contributed by atoms with E-state index in [9.17, 15) is 0 Å². The summed E-state index contributed by atoms with van der Waals surface area (Å²) in [5, 5.41) is 12.4. The summed E-state index contributed by atoms with van der Waals surface area (Å²) >= 11 is 0. The first-order valence-electron chi connectivity index (χ1n) is 8.26. The second kappa shape index (κ2) is 7.75. The van der Waals surface area contributed by atoms with Gasteiger partial charge in [0.2, 0.25) is 0 Å². The summed E-state index contributed by atoms with van der Waals surface area (Å²) in [6.45, 7) is 7.17. The minimum absolute atomic E-state index is 0.206. The smallest absolute Gasteiger partial charge is 0.182 e. The first-order valence-corrected chi connectivity index (χ1v) is 8.26. The summed E-state index contributed by atoms with van der Waals surface area (Å²) in [6.07, 6.45) is 3.14. The molecule has 0 aliphatic carbocycles. The van der Waals surface area contributed by atoms with Crippen molar-refractivity contribution in [3.8, 4) is 6.07 Å². The van der Waals surface area contributed by atoms with E-state index in [0.717, 1.165) is 32.7 Å². The molecule has 1 saturated heterocycles. The number of hydrogen-bond donors (Lipinski definition) is 1. The molecule has 0 spiro atoms. The van der Waals surface area contributed by atoms with Gasteiger partial charge in [0.1, 0.15) is 6.07 Å². The molecule has 1 aliphatic heterocycles. The lowest BCUT2D eigenvalue weighted by molar-refractivity contribution is 0.251. The Kier molecular flexibility index (Phi) is 5.24. The molecule has 1 fully saturated rings. The van der Waals surface area contributed by atoms with Crippen LogP contribution in [0.5, 0.6) is 0 Å². The lowest BCUT2D eigenvalue weighted by Gasteiger charge is -2.37. The van der Waals surface area contributed by atoms with E-state index in [1.165, 1.54) is 11.9 Å². The average Bonchev–Trinajstić information content (AvgIpc) is 2.63. The zero-order valence-corrected chi connectivity index (χ0v) is 13.9. The second-order valence-corrected chi connectivity index (χ2v) is 6.03. The van der Waals surface area contributed by atoms with Crippen LogP contribution in [0.4, 0.5) is 11.5 Å². The molecule has 6 nitrogen and oxygen atoms in total. The van der Waals surface area contributed by atoms with E-state index in [0.29, 0.717) is 11.5 Å². The van der Waals surface area contributed by atoms with Gasteiger partial charge >= 0.3 is 0 Å². The molecule has 2 heterocycles. The van der Waals surface area contributed by atoms with E-state index in [4.69, 9.17) is 5.26 Å². The highest BCUT2D eigenvalue weighted by Gasteiger charge is 2.19. The van der Waals surface area contributed by atoms with Crippen molar-refractivity contribution in [1.82, 2.24) is 14.9 Å². The molecule has 3 rings (SSSR count). The van der Waals surface area contributed by atoms with Crippen LogP contribution in [0.2, 0.25) is 0 Å². The molecule has 1 N–H and O–H groups in total. The first-order chi connectivity index (χ1) is 11.8. The number of para-hydroxylation sites is 1. The Labute approximate surface area is 142 Å². The number of piperazine rings is 1. The summed E-state index contributed by atoms with van der Waals surface area (Å²) in [5.41, 5.74) is 1.64. The number of nitrogens with one attached hydrogen (secondary N) is 1. The monoisotopic (exact) mass is 322 g/mol. The van der Waals surface area contributed by atoms with Crippen LogP contribution < -0.4 is 10.2 Å². The minimum Gasteiger partial charge on any atom is -0.369 e. The van der Waals surface area contributed by atoms with E-state index in [1.807, 2.05) is 0 Å². The molecule has 1 atom stereocenters. The van der Waals surface area contributed by atoms with Crippen molar-refractivity contribution in [3.63, 3.8) is 0 Å². The molecule has 0 amide bonds. The summed E-state index contributed by atoms with van der Waals surface area (Å²) in [6, 6.07) is 12.8. The largest absolute Gasteiger partial charge is 0.369 e. The second-order valence-electron chi connectivity index (χ2n) is 6.03. The Hall–Kier alpha value is -2.65. The lowest BCUT2D eigenvalue weighted by atomic mass is 10.2. The van der Waals surface area contributed by atoms with Crippen LogP contribution in [-0.4, -0.2) is 53.6 Å².